The zero-order valence-corrected chi connectivity index (χ0v) is 11.0. The fourth-order valence-corrected chi connectivity index (χ4v) is 1.43. The molecule has 1 amide bonds. The molecule has 0 spiro atoms. The summed E-state index contributed by atoms with van der Waals surface area (Å²) in [4.78, 5) is 11.5. The summed E-state index contributed by atoms with van der Waals surface area (Å²) in [7, 11) is 0. The summed E-state index contributed by atoms with van der Waals surface area (Å²) in [6.07, 6.45) is 0.613. The number of hydrogen-bond donors (Lipinski definition) is 1. The summed E-state index contributed by atoms with van der Waals surface area (Å²) in [6, 6.07) is 8.08. The number of aryl methyl sites for hydroxylation is 1. The van der Waals surface area contributed by atoms with Crippen LogP contribution in [0.4, 0.5) is 4.79 Å². The van der Waals surface area contributed by atoms with E-state index in [4.69, 9.17) is 4.74 Å². The van der Waals surface area contributed by atoms with E-state index in [1.165, 1.54) is 5.56 Å². The Morgan fingerprint density at radius 1 is 1.29 bits per heavy atom. The Morgan fingerprint density at radius 3 is 2.53 bits per heavy atom. The average Bonchev–Trinajstić information content (AvgIpc) is 2.24. The Labute approximate surface area is 103 Å². The maximum atomic E-state index is 11.5. The second-order valence-corrected chi connectivity index (χ2v) is 5.12. The van der Waals surface area contributed by atoms with E-state index in [-0.39, 0.29) is 11.6 Å². The molecule has 0 unspecified atom stereocenters. The van der Waals surface area contributed by atoms with Gasteiger partial charge in [0.15, 0.2) is 0 Å². The van der Waals surface area contributed by atoms with Gasteiger partial charge in [-0.3, -0.25) is 0 Å². The second-order valence-electron chi connectivity index (χ2n) is 5.12. The van der Waals surface area contributed by atoms with Gasteiger partial charge in [0.2, 0.25) is 0 Å². The molecular weight excluding hydrogens is 214 g/mol. The first-order chi connectivity index (χ1) is 7.90. The SMILES string of the molecule is CCc1cccc(COC(=O)NC(C)(C)C)c1. The summed E-state index contributed by atoms with van der Waals surface area (Å²) >= 11 is 0. The van der Waals surface area contributed by atoms with Crippen molar-refractivity contribution in [1.29, 1.82) is 0 Å². The van der Waals surface area contributed by atoms with Crippen molar-refractivity contribution >= 4 is 6.09 Å². The maximum absolute atomic E-state index is 11.5. The molecule has 0 aliphatic heterocycles. The average molecular weight is 235 g/mol. The van der Waals surface area contributed by atoms with Crippen LogP contribution in [-0.4, -0.2) is 11.6 Å². The molecule has 3 nitrogen and oxygen atoms in total. The third kappa shape index (κ3) is 5.38. The van der Waals surface area contributed by atoms with E-state index in [0.29, 0.717) is 6.61 Å². The van der Waals surface area contributed by atoms with Crippen molar-refractivity contribution in [2.75, 3.05) is 0 Å². The number of hydrogen-bond acceptors (Lipinski definition) is 2. The lowest BCUT2D eigenvalue weighted by Crippen LogP contribution is -2.40. The minimum Gasteiger partial charge on any atom is -0.445 e. The molecule has 0 saturated heterocycles. The van der Waals surface area contributed by atoms with Crippen LogP contribution in [0.1, 0.15) is 38.8 Å². The zero-order valence-electron chi connectivity index (χ0n) is 11.0. The van der Waals surface area contributed by atoms with Crippen LogP contribution in [-0.2, 0) is 17.8 Å². The number of benzene rings is 1. The van der Waals surface area contributed by atoms with Crippen molar-refractivity contribution in [3.8, 4) is 0 Å². The number of amides is 1. The van der Waals surface area contributed by atoms with Gasteiger partial charge >= 0.3 is 6.09 Å². The van der Waals surface area contributed by atoms with Crippen LogP contribution in [0.5, 0.6) is 0 Å². The lowest BCUT2D eigenvalue weighted by atomic mass is 10.1. The molecule has 0 saturated carbocycles. The van der Waals surface area contributed by atoms with Crippen LogP contribution < -0.4 is 5.32 Å². The topological polar surface area (TPSA) is 38.3 Å². The van der Waals surface area contributed by atoms with Gasteiger partial charge in [-0.25, -0.2) is 4.79 Å². The van der Waals surface area contributed by atoms with Crippen molar-refractivity contribution in [3.63, 3.8) is 0 Å². The highest BCUT2D eigenvalue weighted by Crippen LogP contribution is 2.08. The third-order valence-electron chi connectivity index (χ3n) is 2.25. The molecule has 0 aliphatic rings. The Balaban J connectivity index is 2.47. The molecule has 0 fully saturated rings. The van der Waals surface area contributed by atoms with E-state index in [0.717, 1.165) is 12.0 Å². The van der Waals surface area contributed by atoms with Crippen molar-refractivity contribution in [2.24, 2.45) is 0 Å². The van der Waals surface area contributed by atoms with E-state index in [1.807, 2.05) is 32.9 Å². The van der Waals surface area contributed by atoms with E-state index >= 15 is 0 Å². The fraction of sp³-hybridized carbons (Fsp3) is 0.500. The number of alkyl carbamates (subject to hydrolysis) is 1. The van der Waals surface area contributed by atoms with Crippen LogP contribution in [0.15, 0.2) is 24.3 Å². The van der Waals surface area contributed by atoms with Crippen LogP contribution in [0, 0.1) is 0 Å². The largest absolute Gasteiger partial charge is 0.445 e. The zero-order chi connectivity index (χ0) is 12.9. The van der Waals surface area contributed by atoms with Gasteiger partial charge in [0.05, 0.1) is 0 Å². The molecular formula is C14H21NO2. The van der Waals surface area contributed by atoms with Gasteiger partial charge in [0.25, 0.3) is 0 Å². The normalized spacial score (nSPS) is 11.1. The highest BCUT2D eigenvalue weighted by Gasteiger charge is 2.14. The van der Waals surface area contributed by atoms with Gasteiger partial charge in [0.1, 0.15) is 6.61 Å². The molecule has 0 atom stereocenters. The molecule has 1 N–H and O–H groups in total. The smallest absolute Gasteiger partial charge is 0.407 e. The van der Waals surface area contributed by atoms with E-state index < -0.39 is 0 Å². The standard InChI is InChI=1S/C14H21NO2/c1-5-11-7-6-8-12(9-11)10-17-13(16)15-14(2,3)4/h6-9H,5,10H2,1-4H3,(H,15,16). The second kappa shape index (κ2) is 5.71. The summed E-state index contributed by atoms with van der Waals surface area (Å²) in [6.45, 7) is 8.19. The molecule has 1 aromatic rings. The molecule has 0 bridgehead atoms. The van der Waals surface area contributed by atoms with Gasteiger partial charge < -0.3 is 10.1 Å². The highest BCUT2D eigenvalue weighted by atomic mass is 16.5. The lowest BCUT2D eigenvalue weighted by Gasteiger charge is -2.20. The maximum Gasteiger partial charge on any atom is 0.407 e. The Bertz CT molecular complexity index is 380. The molecule has 17 heavy (non-hydrogen) atoms. The quantitative estimate of drug-likeness (QED) is 0.873. The van der Waals surface area contributed by atoms with Crippen LogP contribution in [0.25, 0.3) is 0 Å². The summed E-state index contributed by atoms with van der Waals surface area (Å²) in [5.41, 5.74) is 2.01. The molecule has 0 heterocycles. The molecule has 0 radical (unpaired) electrons. The van der Waals surface area contributed by atoms with Crippen LogP contribution in [0.2, 0.25) is 0 Å². The summed E-state index contributed by atoms with van der Waals surface area (Å²) in [5.74, 6) is 0. The van der Waals surface area contributed by atoms with Crippen LogP contribution in [0.3, 0.4) is 0 Å². The van der Waals surface area contributed by atoms with Gasteiger partial charge in [-0.15, -0.1) is 0 Å². The summed E-state index contributed by atoms with van der Waals surface area (Å²) in [5, 5.41) is 2.76. The molecule has 1 aromatic carbocycles. The number of rotatable bonds is 3. The lowest BCUT2D eigenvalue weighted by molar-refractivity contribution is 0.131. The number of carbonyl (C=O) groups is 1. The third-order valence-corrected chi connectivity index (χ3v) is 2.25. The van der Waals surface area contributed by atoms with Crippen molar-refractivity contribution in [1.82, 2.24) is 5.32 Å². The monoisotopic (exact) mass is 235 g/mol. The van der Waals surface area contributed by atoms with Gasteiger partial charge in [-0.2, -0.15) is 0 Å². The fourth-order valence-electron chi connectivity index (χ4n) is 1.43. The predicted octanol–water partition coefficient (Wildman–Crippen LogP) is 3.27. The first kappa shape index (κ1) is 13.6. The number of ether oxygens (including phenoxy) is 1. The number of carbonyl (C=O) groups excluding carboxylic acids is 1. The Morgan fingerprint density at radius 2 is 1.94 bits per heavy atom. The van der Waals surface area contributed by atoms with Gasteiger partial charge in [-0.05, 0) is 38.3 Å². The molecule has 3 heteroatoms. The minimum atomic E-state index is -0.376. The first-order valence-electron chi connectivity index (χ1n) is 5.93. The molecule has 0 aliphatic carbocycles. The van der Waals surface area contributed by atoms with Crippen molar-refractivity contribution in [3.05, 3.63) is 35.4 Å². The molecule has 1 rings (SSSR count). The van der Waals surface area contributed by atoms with Crippen molar-refractivity contribution < 1.29 is 9.53 Å². The van der Waals surface area contributed by atoms with E-state index in [2.05, 4.69) is 24.4 Å². The highest BCUT2D eigenvalue weighted by molar-refractivity contribution is 5.68. The van der Waals surface area contributed by atoms with Crippen molar-refractivity contribution in [2.45, 2.75) is 46.3 Å². The first-order valence-corrected chi connectivity index (χ1v) is 5.93. The Hall–Kier alpha value is -1.51. The predicted molar refractivity (Wildman–Crippen MR) is 68.9 cm³/mol. The Kier molecular flexibility index (Phi) is 4.55. The summed E-state index contributed by atoms with van der Waals surface area (Å²) < 4.78 is 5.15. The van der Waals surface area contributed by atoms with Gasteiger partial charge in [-0.1, -0.05) is 31.2 Å². The van der Waals surface area contributed by atoms with Gasteiger partial charge in [0, 0.05) is 5.54 Å². The van der Waals surface area contributed by atoms with Crippen LogP contribution >= 0.6 is 0 Å². The minimum absolute atomic E-state index is 0.262. The molecule has 0 aromatic heterocycles. The number of nitrogens with one attached hydrogen (secondary N) is 1. The molecule has 94 valence electrons. The van der Waals surface area contributed by atoms with E-state index in [9.17, 15) is 4.79 Å². The van der Waals surface area contributed by atoms with E-state index in [1.54, 1.807) is 0 Å².